The van der Waals surface area contributed by atoms with E-state index in [0.29, 0.717) is 17.1 Å². The quantitative estimate of drug-likeness (QED) is 0.628. The number of hydrogen-bond acceptors (Lipinski definition) is 5. The molecule has 0 bridgehead atoms. The van der Waals surface area contributed by atoms with Crippen LogP contribution in [0.5, 0.6) is 0 Å². The molecule has 0 N–H and O–H groups in total. The third-order valence-corrected chi connectivity index (χ3v) is 4.62. The maximum atomic E-state index is 6.10. The number of alkyl halides is 1. The Morgan fingerprint density at radius 1 is 1.25 bits per heavy atom. The summed E-state index contributed by atoms with van der Waals surface area (Å²) in [6.45, 7) is 5.67. The van der Waals surface area contributed by atoms with Crippen molar-refractivity contribution in [1.29, 1.82) is 0 Å². The summed E-state index contributed by atoms with van der Waals surface area (Å²) in [6, 6.07) is 0.566. The van der Waals surface area contributed by atoms with Crippen molar-refractivity contribution in [3.63, 3.8) is 0 Å². The van der Waals surface area contributed by atoms with E-state index in [9.17, 15) is 0 Å². The number of halogens is 2. The number of nitrogens with zero attached hydrogens (tertiary/aromatic N) is 4. The Morgan fingerprint density at radius 2 is 2.05 bits per heavy atom. The predicted molar refractivity (Wildman–Crippen MR) is 79.6 cm³/mol. The molecule has 0 aromatic carbocycles. The van der Waals surface area contributed by atoms with Crippen molar-refractivity contribution in [1.82, 2.24) is 14.9 Å². The van der Waals surface area contributed by atoms with Crippen molar-refractivity contribution >= 4 is 29.0 Å². The number of ether oxygens (including phenoxy) is 1. The Labute approximate surface area is 128 Å². The van der Waals surface area contributed by atoms with Gasteiger partial charge in [0.25, 0.3) is 0 Å². The summed E-state index contributed by atoms with van der Waals surface area (Å²) < 4.78 is 5.41. The Hall–Kier alpha value is -0.620. The van der Waals surface area contributed by atoms with E-state index in [1.54, 1.807) is 0 Å². The van der Waals surface area contributed by atoms with Gasteiger partial charge in [-0.2, -0.15) is 0 Å². The smallest absolute Gasteiger partial charge is 0.138 e. The van der Waals surface area contributed by atoms with E-state index in [4.69, 9.17) is 27.9 Å². The maximum absolute atomic E-state index is 6.10. The average Bonchev–Trinajstić information content (AvgIpc) is 2.97. The van der Waals surface area contributed by atoms with Gasteiger partial charge in [0.15, 0.2) is 0 Å². The second-order valence-corrected chi connectivity index (χ2v) is 5.76. The molecule has 2 fully saturated rings. The lowest BCUT2D eigenvalue weighted by Gasteiger charge is -2.32. The molecule has 3 rings (SSSR count). The van der Waals surface area contributed by atoms with Crippen LogP contribution in [0.4, 0.5) is 5.82 Å². The molecule has 1 unspecified atom stereocenters. The minimum absolute atomic E-state index is 0.341. The minimum Gasteiger partial charge on any atom is -0.379 e. The highest BCUT2D eigenvalue weighted by molar-refractivity contribution is 6.31. The monoisotopic (exact) mass is 316 g/mol. The number of rotatable bonds is 3. The number of morpholine rings is 1. The third kappa shape index (κ3) is 2.86. The van der Waals surface area contributed by atoms with E-state index in [2.05, 4.69) is 19.8 Å². The van der Waals surface area contributed by atoms with Crippen molar-refractivity contribution < 1.29 is 4.74 Å². The van der Waals surface area contributed by atoms with Crippen molar-refractivity contribution in [3.8, 4) is 0 Å². The Morgan fingerprint density at radius 3 is 2.80 bits per heavy atom. The first-order valence-corrected chi connectivity index (χ1v) is 7.83. The summed E-state index contributed by atoms with van der Waals surface area (Å²) in [4.78, 5) is 13.2. The van der Waals surface area contributed by atoms with Gasteiger partial charge in [0.2, 0.25) is 0 Å². The van der Waals surface area contributed by atoms with Crippen LogP contribution < -0.4 is 4.90 Å². The fraction of sp³-hybridized carbons (Fsp3) is 0.692. The molecule has 110 valence electrons. The van der Waals surface area contributed by atoms with Crippen molar-refractivity contribution in [3.05, 3.63) is 17.0 Å². The fourth-order valence-electron chi connectivity index (χ4n) is 2.94. The highest BCUT2D eigenvalue weighted by atomic mass is 35.5. The van der Waals surface area contributed by atoms with Crippen LogP contribution in [-0.4, -0.2) is 60.3 Å². The van der Waals surface area contributed by atoms with Gasteiger partial charge < -0.3 is 9.64 Å². The lowest BCUT2D eigenvalue weighted by Crippen LogP contribution is -2.44. The highest BCUT2D eigenvalue weighted by Gasteiger charge is 2.30. The second-order valence-electron chi connectivity index (χ2n) is 5.14. The predicted octanol–water partition coefficient (Wildman–Crippen LogP) is 1.78. The zero-order valence-corrected chi connectivity index (χ0v) is 12.8. The van der Waals surface area contributed by atoms with Crippen LogP contribution in [0.1, 0.15) is 12.0 Å². The molecule has 1 aromatic heterocycles. The van der Waals surface area contributed by atoms with Gasteiger partial charge >= 0.3 is 0 Å². The van der Waals surface area contributed by atoms with E-state index in [1.165, 1.54) is 6.33 Å². The standard InChI is InChI=1S/C13H18Cl2N4O/c14-7-11-12(15)16-9-17-13(11)19-2-1-10(8-19)18-3-5-20-6-4-18/h9-10H,1-8H2. The summed E-state index contributed by atoms with van der Waals surface area (Å²) in [6.07, 6.45) is 2.65. The van der Waals surface area contributed by atoms with Gasteiger partial charge in [-0.05, 0) is 6.42 Å². The summed E-state index contributed by atoms with van der Waals surface area (Å²) in [5.41, 5.74) is 0.832. The molecule has 5 nitrogen and oxygen atoms in total. The van der Waals surface area contributed by atoms with Gasteiger partial charge in [-0.15, -0.1) is 11.6 Å². The lowest BCUT2D eigenvalue weighted by molar-refractivity contribution is 0.0209. The van der Waals surface area contributed by atoms with Crippen molar-refractivity contribution in [2.24, 2.45) is 0 Å². The zero-order chi connectivity index (χ0) is 13.9. The van der Waals surface area contributed by atoms with Crippen LogP contribution >= 0.6 is 23.2 Å². The Bertz CT molecular complexity index is 468. The van der Waals surface area contributed by atoms with Gasteiger partial charge in [0.05, 0.1) is 19.1 Å². The summed E-state index contributed by atoms with van der Waals surface area (Å²) >= 11 is 12.1. The minimum atomic E-state index is 0.341. The number of aromatic nitrogens is 2. The molecule has 0 radical (unpaired) electrons. The molecule has 2 aliphatic heterocycles. The van der Waals surface area contributed by atoms with E-state index >= 15 is 0 Å². The normalized spacial score (nSPS) is 24.3. The van der Waals surface area contributed by atoms with Gasteiger partial charge in [-0.25, -0.2) is 9.97 Å². The average molecular weight is 317 g/mol. The van der Waals surface area contributed by atoms with Crippen LogP contribution in [0.2, 0.25) is 5.15 Å². The summed E-state index contributed by atoms with van der Waals surface area (Å²) in [7, 11) is 0. The molecule has 0 saturated carbocycles. The van der Waals surface area contributed by atoms with E-state index in [0.717, 1.165) is 57.2 Å². The van der Waals surface area contributed by atoms with Gasteiger partial charge in [-0.3, -0.25) is 4.90 Å². The largest absolute Gasteiger partial charge is 0.379 e. The van der Waals surface area contributed by atoms with Gasteiger partial charge in [0.1, 0.15) is 17.3 Å². The molecule has 2 saturated heterocycles. The highest BCUT2D eigenvalue weighted by Crippen LogP contribution is 2.29. The van der Waals surface area contributed by atoms with Crippen LogP contribution in [0.15, 0.2) is 6.33 Å². The van der Waals surface area contributed by atoms with Crippen LogP contribution in [0.3, 0.4) is 0 Å². The van der Waals surface area contributed by atoms with E-state index in [-0.39, 0.29) is 0 Å². The summed E-state index contributed by atoms with van der Waals surface area (Å²) in [5.74, 6) is 1.23. The van der Waals surface area contributed by atoms with Crippen molar-refractivity contribution in [2.75, 3.05) is 44.3 Å². The molecule has 20 heavy (non-hydrogen) atoms. The maximum Gasteiger partial charge on any atom is 0.138 e. The first-order valence-electron chi connectivity index (χ1n) is 6.91. The molecule has 7 heteroatoms. The van der Waals surface area contributed by atoms with E-state index < -0.39 is 0 Å². The van der Waals surface area contributed by atoms with Crippen LogP contribution in [0, 0.1) is 0 Å². The van der Waals surface area contributed by atoms with Crippen molar-refractivity contribution in [2.45, 2.75) is 18.3 Å². The molecule has 0 aliphatic carbocycles. The molecule has 2 aliphatic rings. The number of hydrogen-bond donors (Lipinski definition) is 0. The molecular formula is C13H18Cl2N4O. The molecule has 0 amide bonds. The molecule has 1 aromatic rings. The second kappa shape index (κ2) is 6.43. The van der Waals surface area contributed by atoms with Gasteiger partial charge in [-0.1, -0.05) is 11.6 Å². The van der Waals surface area contributed by atoms with Crippen LogP contribution in [-0.2, 0) is 10.6 Å². The topological polar surface area (TPSA) is 41.5 Å². The van der Waals surface area contributed by atoms with E-state index in [1.807, 2.05) is 0 Å². The Balaban J connectivity index is 1.72. The zero-order valence-electron chi connectivity index (χ0n) is 11.3. The fourth-order valence-corrected chi connectivity index (χ4v) is 3.45. The molecule has 3 heterocycles. The molecule has 0 spiro atoms. The molecular weight excluding hydrogens is 299 g/mol. The lowest BCUT2D eigenvalue weighted by atomic mass is 10.2. The molecule has 1 atom stereocenters. The van der Waals surface area contributed by atoms with Gasteiger partial charge in [0, 0.05) is 37.8 Å². The Kier molecular flexibility index (Phi) is 4.61. The third-order valence-electron chi connectivity index (χ3n) is 4.03. The number of anilines is 1. The summed E-state index contributed by atoms with van der Waals surface area (Å²) in [5, 5.41) is 0.458. The first-order chi connectivity index (χ1) is 9.79. The first kappa shape index (κ1) is 14.3. The SMILES string of the molecule is ClCc1c(Cl)ncnc1N1CCC(N2CCOCC2)C1. The van der Waals surface area contributed by atoms with Crippen LogP contribution in [0.25, 0.3) is 0 Å².